The number of likely N-dealkylation sites (N-methyl/N-ethyl adjacent to an activating group) is 1. The van der Waals surface area contributed by atoms with Crippen LogP contribution in [-0.4, -0.2) is 66.0 Å². The van der Waals surface area contributed by atoms with Crippen LogP contribution in [0.1, 0.15) is 17.5 Å². The molecule has 1 fully saturated rings. The second kappa shape index (κ2) is 7.70. The van der Waals surface area contributed by atoms with Gasteiger partial charge in [0.2, 0.25) is 0 Å². The van der Waals surface area contributed by atoms with Crippen molar-refractivity contribution in [2.24, 2.45) is 0 Å². The normalized spacial score (nSPS) is 24.0. The predicted molar refractivity (Wildman–Crippen MR) is 102 cm³/mol. The fourth-order valence-corrected chi connectivity index (χ4v) is 3.29. The van der Waals surface area contributed by atoms with Crippen molar-refractivity contribution in [3.63, 3.8) is 0 Å². The number of aliphatic hydroxyl groups is 2. The number of imidazole rings is 1. The number of aromatic nitrogens is 5. The molecule has 4 rings (SSSR count). The number of carbonyl (C=O) groups excluding carboxylic acids is 1. The number of rotatable bonds is 5. The van der Waals surface area contributed by atoms with Crippen molar-refractivity contribution in [3.05, 3.63) is 42.2 Å². The van der Waals surface area contributed by atoms with E-state index in [-0.39, 0.29) is 0 Å². The van der Waals surface area contributed by atoms with Crippen LogP contribution in [-0.2, 0) is 16.1 Å². The number of hydrogen-bond acceptors (Lipinski definition) is 9. The lowest BCUT2D eigenvalue weighted by Gasteiger charge is -2.16. The number of amides is 1. The van der Waals surface area contributed by atoms with Crippen LogP contribution in [0.4, 0.5) is 5.82 Å². The molecule has 0 saturated carbocycles. The van der Waals surface area contributed by atoms with Gasteiger partial charge in [0, 0.05) is 13.2 Å². The summed E-state index contributed by atoms with van der Waals surface area (Å²) in [6, 6.07) is 3.88. The highest BCUT2D eigenvalue weighted by Gasteiger charge is 2.47. The van der Waals surface area contributed by atoms with Crippen LogP contribution in [0.15, 0.2) is 31.0 Å². The number of carbonyl (C=O) groups is 1. The average molecular weight is 399 g/mol. The maximum Gasteiger partial charge on any atom is 0.251 e. The molecule has 11 heteroatoms. The molecule has 4 heterocycles. The summed E-state index contributed by atoms with van der Waals surface area (Å²) < 4.78 is 7.07. The first-order valence-corrected chi connectivity index (χ1v) is 9.05. The largest absolute Gasteiger partial charge is 0.387 e. The van der Waals surface area contributed by atoms with E-state index in [2.05, 4.69) is 30.6 Å². The van der Waals surface area contributed by atoms with E-state index in [1.165, 1.54) is 24.3 Å². The Morgan fingerprint density at radius 1 is 1.24 bits per heavy atom. The molecule has 0 spiro atoms. The lowest BCUT2D eigenvalue weighted by atomic mass is 10.1. The van der Waals surface area contributed by atoms with Gasteiger partial charge >= 0.3 is 0 Å². The molecule has 0 radical (unpaired) electrons. The Balaban J connectivity index is 1.60. The van der Waals surface area contributed by atoms with Gasteiger partial charge in [0.25, 0.3) is 5.91 Å². The lowest BCUT2D eigenvalue weighted by Crippen LogP contribution is -2.41. The molecule has 0 aromatic carbocycles. The first-order valence-electron chi connectivity index (χ1n) is 9.05. The maximum atomic E-state index is 11.9. The summed E-state index contributed by atoms with van der Waals surface area (Å²) in [5, 5.41) is 26.1. The minimum Gasteiger partial charge on any atom is -0.387 e. The van der Waals surface area contributed by atoms with E-state index in [4.69, 9.17) is 4.74 Å². The first-order chi connectivity index (χ1) is 14.0. The molecule has 152 valence electrons. The van der Waals surface area contributed by atoms with Crippen LogP contribution in [0.3, 0.4) is 0 Å². The van der Waals surface area contributed by atoms with E-state index >= 15 is 0 Å². The molecule has 29 heavy (non-hydrogen) atoms. The zero-order valence-corrected chi connectivity index (χ0v) is 15.9. The third-order valence-corrected chi connectivity index (χ3v) is 4.79. The fourth-order valence-electron chi connectivity index (χ4n) is 3.29. The molecule has 3 aromatic rings. The third-order valence-electron chi connectivity index (χ3n) is 4.79. The zero-order chi connectivity index (χ0) is 20.5. The Morgan fingerprint density at radius 2 is 2.07 bits per heavy atom. The maximum absolute atomic E-state index is 11.9. The van der Waals surface area contributed by atoms with Crippen molar-refractivity contribution in [3.8, 4) is 0 Å². The number of nitrogens with one attached hydrogen (secondary N) is 2. The summed E-state index contributed by atoms with van der Waals surface area (Å²) in [5.74, 6) is -0.0287. The summed E-state index contributed by atoms with van der Waals surface area (Å²) in [4.78, 5) is 29.0. The summed E-state index contributed by atoms with van der Waals surface area (Å²) in [5.41, 5.74) is 2.81. The van der Waals surface area contributed by atoms with E-state index < -0.39 is 30.4 Å². The topological polar surface area (TPSA) is 147 Å². The molecule has 1 aliphatic rings. The molecule has 2 unspecified atom stereocenters. The number of ether oxygens (including phenoxy) is 1. The standard InChI is InChI=1S/C18H21N7O4/c1-9-3-4-20-10(5-9)6-21-15-11-16(23-7-22-15)25(8-24-11)18-13(27)12(26)14(29-18)17(28)19-2/h3-5,7-8,12-14,18,26-27H,6H2,1-2H3,(H,19,28)(H,21,22,23)/t12?,13?,14-,18+/m0/s1. The van der Waals surface area contributed by atoms with Gasteiger partial charge in [-0.05, 0) is 24.6 Å². The van der Waals surface area contributed by atoms with Gasteiger partial charge in [-0.15, -0.1) is 0 Å². The molecule has 4 N–H and O–H groups in total. The lowest BCUT2D eigenvalue weighted by molar-refractivity contribution is -0.137. The highest BCUT2D eigenvalue weighted by Crippen LogP contribution is 2.32. The van der Waals surface area contributed by atoms with E-state index in [0.29, 0.717) is 23.5 Å². The molecule has 4 atom stereocenters. The van der Waals surface area contributed by atoms with E-state index in [0.717, 1.165) is 11.3 Å². The van der Waals surface area contributed by atoms with Crippen LogP contribution in [0.2, 0.25) is 0 Å². The molecular weight excluding hydrogens is 378 g/mol. The first kappa shape index (κ1) is 19.2. The number of nitrogens with zero attached hydrogens (tertiary/aromatic N) is 5. The predicted octanol–water partition coefficient (Wildman–Crippen LogP) is -0.493. The Labute approximate surface area is 165 Å². The molecule has 1 saturated heterocycles. The Kier molecular flexibility index (Phi) is 5.09. The van der Waals surface area contributed by atoms with Crippen molar-refractivity contribution in [2.75, 3.05) is 12.4 Å². The SMILES string of the molecule is CNC(=O)[C@H]1O[C@@H](n2cnc3c(NCc4cc(C)ccn4)ncnc32)C(O)C1O. The highest BCUT2D eigenvalue weighted by atomic mass is 16.6. The van der Waals surface area contributed by atoms with Crippen LogP contribution < -0.4 is 10.6 Å². The van der Waals surface area contributed by atoms with Crippen molar-refractivity contribution < 1.29 is 19.7 Å². The molecule has 0 aliphatic carbocycles. The highest BCUT2D eigenvalue weighted by molar-refractivity contribution is 5.83. The van der Waals surface area contributed by atoms with Crippen LogP contribution in [0, 0.1) is 6.92 Å². The van der Waals surface area contributed by atoms with Gasteiger partial charge in [0.1, 0.15) is 18.5 Å². The summed E-state index contributed by atoms with van der Waals surface area (Å²) in [7, 11) is 1.43. The second-order valence-corrected chi connectivity index (χ2v) is 6.77. The van der Waals surface area contributed by atoms with Crippen molar-refractivity contribution in [1.29, 1.82) is 0 Å². The Hall–Kier alpha value is -3.15. The number of hydrogen-bond donors (Lipinski definition) is 4. The summed E-state index contributed by atoms with van der Waals surface area (Å²) in [6.07, 6.45) is -0.364. The second-order valence-electron chi connectivity index (χ2n) is 6.77. The zero-order valence-electron chi connectivity index (χ0n) is 15.9. The monoisotopic (exact) mass is 399 g/mol. The van der Waals surface area contributed by atoms with Gasteiger partial charge in [-0.2, -0.15) is 0 Å². The van der Waals surface area contributed by atoms with Crippen molar-refractivity contribution in [1.82, 2.24) is 29.8 Å². The molecule has 3 aromatic heterocycles. The van der Waals surface area contributed by atoms with Crippen LogP contribution in [0.5, 0.6) is 0 Å². The molecule has 11 nitrogen and oxygen atoms in total. The molecule has 0 bridgehead atoms. The minimum atomic E-state index is -1.37. The quantitative estimate of drug-likeness (QED) is 0.446. The van der Waals surface area contributed by atoms with Crippen molar-refractivity contribution in [2.45, 2.75) is 38.0 Å². The number of pyridine rings is 1. The van der Waals surface area contributed by atoms with Gasteiger partial charge in [-0.25, -0.2) is 15.0 Å². The fraction of sp³-hybridized carbons (Fsp3) is 0.389. The van der Waals surface area contributed by atoms with Gasteiger partial charge < -0.3 is 25.6 Å². The number of aliphatic hydroxyl groups excluding tert-OH is 2. The Bertz CT molecular complexity index is 1040. The minimum absolute atomic E-state index is 0.397. The van der Waals surface area contributed by atoms with Gasteiger partial charge in [-0.1, -0.05) is 0 Å². The number of fused-ring (bicyclic) bond motifs is 1. The van der Waals surface area contributed by atoms with Crippen molar-refractivity contribution >= 4 is 22.9 Å². The van der Waals surface area contributed by atoms with Crippen LogP contribution in [0.25, 0.3) is 11.2 Å². The Morgan fingerprint density at radius 3 is 2.83 bits per heavy atom. The summed E-state index contributed by atoms with van der Waals surface area (Å²) >= 11 is 0. The van der Waals surface area contributed by atoms with E-state index in [1.807, 2.05) is 19.1 Å². The third kappa shape index (κ3) is 3.50. The smallest absolute Gasteiger partial charge is 0.251 e. The van der Waals surface area contributed by atoms with Gasteiger partial charge in [0.05, 0.1) is 18.6 Å². The summed E-state index contributed by atoms with van der Waals surface area (Å²) in [6.45, 7) is 2.43. The number of anilines is 1. The van der Waals surface area contributed by atoms with E-state index in [9.17, 15) is 15.0 Å². The number of aryl methyl sites for hydroxylation is 1. The van der Waals surface area contributed by atoms with Gasteiger partial charge in [-0.3, -0.25) is 14.3 Å². The van der Waals surface area contributed by atoms with Gasteiger partial charge in [0.15, 0.2) is 29.3 Å². The molecule has 1 aliphatic heterocycles. The molecular formula is C18H21N7O4. The van der Waals surface area contributed by atoms with E-state index in [1.54, 1.807) is 6.20 Å². The average Bonchev–Trinajstić information content (AvgIpc) is 3.28. The van der Waals surface area contributed by atoms with Crippen LogP contribution >= 0.6 is 0 Å². The molecule has 1 amide bonds.